The van der Waals surface area contributed by atoms with Gasteiger partial charge in [-0.15, -0.1) is 0 Å². The van der Waals surface area contributed by atoms with Crippen LogP contribution in [0.25, 0.3) is 5.95 Å². The Labute approximate surface area is 180 Å². The third-order valence-corrected chi connectivity index (χ3v) is 5.31. The number of ether oxygens (including phenoxy) is 2. The van der Waals surface area contributed by atoms with Crippen molar-refractivity contribution in [3.8, 4) is 17.4 Å². The van der Waals surface area contributed by atoms with Crippen LogP contribution in [0.4, 0.5) is 5.69 Å². The molecular weight excluding hydrogens is 398 g/mol. The fourth-order valence-electron chi connectivity index (χ4n) is 3.34. The van der Waals surface area contributed by atoms with Crippen molar-refractivity contribution in [2.24, 2.45) is 0 Å². The molecule has 0 saturated heterocycles. The molecule has 0 aliphatic carbocycles. The maximum atomic E-state index is 12.6. The van der Waals surface area contributed by atoms with E-state index in [1.165, 1.54) is 0 Å². The summed E-state index contributed by atoms with van der Waals surface area (Å²) >= 11 is 0. The lowest BCUT2D eigenvalue weighted by molar-refractivity contribution is -0.116. The fraction of sp³-hybridized carbons (Fsp3) is 0.364. The van der Waals surface area contributed by atoms with Crippen molar-refractivity contribution in [2.75, 3.05) is 19.5 Å². The van der Waals surface area contributed by atoms with Crippen molar-refractivity contribution in [1.82, 2.24) is 19.7 Å². The zero-order valence-electron chi connectivity index (χ0n) is 18.6. The Hall–Kier alpha value is -3.62. The molecule has 0 saturated carbocycles. The minimum Gasteiger partial charge on any atom is -0.497 e. The van der Waals surface area contributed by atoms with Crippen molar-refractivity contribution in [2.45, 2.75) is 40.5 Å². The fourth-order valence-corrected chi connectivity index (χ4v) is 3.34. The molecule has 3 rings (SSSR count). The molecule has 0 fully saturated rings. The number of carbonyl (C=O) groups is 1. The van der Waals surface area contributed by atoms with Gasteiger partial charge in [0.25, 0.3) is 5.56 Å². The van der Waals surface area contributed by atoms with Crippen LogP contribution in [-0.2, 0) is 11.2 Å². The average Bonchev–Trinajstić information content (AvgIpc) is 3.03. The summed E-state index contributed by atoms with van der Waals surface area (Å²) in [4.78, 5) is 31.9. The van der Waals surface area contributed by atoms with Crippen LogP contribution >= 0.6 is 0 Å². The topological polar surface area (TPSA) is 111 Å². The summed E-state index contributed by atoms with van der Waals surface area (Å²) in [5, 5.41) is 7.39. The third kappa shape index (κ3) is 4.60. The second-order valence-electron chi connectivity index (χ2n) is 7.28. The van der Waals surface area contributed by atoms with Crippen LogP contribution in [0.5, 0.6) is 11.5 Å². The summed E-state index contributed by atoms with van der Waals surface area (Å²) in [6.07, 6.45) is 0.746. The molecule has 0 radical (unpaired) electrons. The standard InChI is InChI=1S/C22H27N5O4/c1-12-13(2)23-22(25-21(12)29)27-15(4)17(14(3)26-27)8-10-20(28)24-18-11-16(30-5)7-9-19(18)31-6/h7,9,11H,8,10H2,1-6H3,(H,24,28)(H,23,25,29). The zero-order chi connectivity index (χ0) is 22.7. The van der Waals surface area contributed by atoms with Crippen molar-refractivity contribution >= 4 is 11.6 Å². The molecule has 0 aliphatic rings. The molecule has 2 N–H and O–H groups in total. The van der Waals surface area contributed by atoms with Crippen LogP contribution in [0.2, 0.25) is 0 Å². The molecule has 0 bridgehead atoms. The van der Waals surface area contributed by atoms with Crippen LogP contribution in [0, 0.1) is 27.7 Å². The molecular formula is C22H27N5O4. The summed E-state index contributed by atoms with van der Waals surface area (Å²) < 4.78 is 12.1. The number of rotatable bonds is 7. The van der Waals surface area contributed by atoms with Gasteiger partial charge in [-0.2, -0.15) is 5.10 Å². The number of aromatic amines is 1. The number of amides is 1. The largest absolute Gasteiger partial charge is 0.497 e. The van der Waals surface area contributed by atoms with E-state index in [1.807, 2.05) is 13.8 Å². The number of hydrogen-bond acceptors (Lipinski definition) is 6. The predicted molar refractivity (Wildman–Crippen MR) is 117 cm³/mol. The quantitative estimate of drug-likeness (QED) is 0.602. The number of H-pyrrole nitrogens is 1. The number of nitrogens with one attached hydrogen (secondary N) is 2. The normalized spacial score (nSPS) is 10.8. The molecule has 0 aliphatic heterocycles. The molecule has 0 unspecified atom stereocenters. The zero-order valence-corrected chi connectivity index (χ0v) is 18.6. The molecule has 9 heteroatoms. The first-order chi connectivity index (χ1) is 14.7. The number of benzene rings is 1. The predicted octanol–water partition coefficient (Wildman–Crippen LogP) is 2.78. The summed E-state index contributed by atoms with van der Waals surface area (Å²) in [5.74, 6) is 1.39. The van der Waals surface area contributed by atoms with Gasteiger partial charge in [-0.25, -0.2) is 9.67 Å². The Morgan fingerprint density at radius 3 is 2.52 bits per heavy atom. The highest BCUT2D eigenvalue weighted by Gasteiger charge is 2.17. The van der Waals surface area contributed by atoms with Gasteiger partial charge >= 0.3 is 0 Å². The molecule has 1 aromatic carbocycles. The molecule has 2 heterocycles. The van der Waals surface area contributed by atoms with Gasteiger partial charge in [0.05, 0.1) is 25.6 Å². The number of methoxy groups -OCH3 is 2. The second-order valence-corrected chi connectivity index (χ2v) is 7.28. The Morgan fingerprint density at radius 1 is 1.13 bits per heavy atom. The Bertz CT molecular complexity index is 1180. The van der Waals surface area contributed by atoms with Crippen LogP contribution in [0.1, 0.15) is 34.6 Å². The molecule has 164 valence electrons. The highest BCUT2D eigenvalue weighted by atomic mass is 16.5. The lowest BCUT2D eigenvalue weighted by Crippen LogP contribution is -2.18. The van der Waals surface area contributed by atoms with E-state index in [-0.39, 0.29) is 17.9 Å². The molecule has 31 heavy (non-hydrogen) atoms. The first-order valence-corrected chi connectivity index (χ1v) is 9.90. The summed E-state index contributed by atoms with van der Waals surface area (Å²) in [5.41, 5.74) is 4.14. The molecule has 0 spiro atoms. The minimum atomic E-state index is -0.191. The van der Waals surface area contributed by atoms with Crippen molar-refractivity contribution in [3.63, 3.8) is 0 Å². The number of hydrogen-bond donors (Lipinski definition) is 2. The van der Waals surface area contributed by atoms with Gasteiger partial charge in [-0.1, -0.05) is 0 Å². The van der Waals surface area contributed by atoms with E-state index in [4.69, 9.17) is 9.47 Å². The van der Waals surface area contributed by atoms with Crippen LogP contribution in [0.15, 0.2) is 23.0 Å². The number of nitrogens with zero attached hydrogens (tertiary/aromatic N) is 3. The lowest BCUT2D eigenvalue weighted by Gasteiger charge is -2.12. The van der Waals surface area contributed by atoms with Crippen molar-refractivity contribution < 1.29 is 14.3 Å². The van der Waals surface area contributed by atoms with Crippen LogP contribution in [0.3, 0.4) is 0 Å². The van der Waals surface area contributed by atoms with E-state index in [2.05, 4.69) is 20.4 Å². The Morgan fingerprint density at radius 2 is 1.87 bits per heavy atom. The Balaban J connectivity index is 1.77. The van der Waals surface area contributed by atoms with Gasteiger partial charge in [0.2, 0.25) is 11.9 Å². The van der Waals surface area contributed by atoms with E-state index >= 15 is 0 Å². The SMILES string of the molecule is COc1ccc(OC)c(NC(=O)CCc2c(C)nn(-c3nc(C)c(C)c(=O)[nH]3)c2C)c1. The molecule has 3 aromatic rings. The van der Waals surface area contributed by atoms with Crippen molar-refractivity contribution in [3.05, 3.63) is 56.8 Å². The molecule has 0 atom stereocenters. The van der Waals surface area contributed by atoms with Gasteiger partial charge in [-0.3, -0.25) is 14.6 Å². The van der Waals surface area contributed by atoms with Gasteiger partial charge in [0.15, 0.2) is 0 Å². The highest BCUT2D eigenvalue weighted by Crippen LogP contribution is 2.29. The smallest absolute Gasteiger partial charge is 0.255 e. The third-order valence-electron chi connectivity index (χ3n) is 5.31. The summed E-state index contributed by atoms with van der Waals surface area (Å²) in [6, 6.07) is 5.22. The van der Waals surface area contributed by atoms with E-state index < -0.39 is 0 Å². The van der Waals surface area contributed by atoms with Crippen LogP contribution in [-0.4, -0.2) is 39.9 Å². The van der Waals surface area contributed by atoms with Gasteiger partial charge < -0.3 is 14.8 Å². The average molecular weight is 425 g/mol. The maximum absolute atomic E-state index is 12.6. The van der Waals surface area contributed by atoms with Crippen LogP contribution < -0.4 is 20.3 Å². The van der Waals surface area contributed by atoms with E-state index in [9.17, 15) is 9.59 Å². The molecule has 2 aromatic heterocycles. The van der Waals surface area contributed by atoms with E-state index in [0.29, 0.717) is 40.8 Å². The number of carbonyl (C=O) groups excluding carboxylic acids is 1. The van der Waals surface area contributed by atoms with E-state index in [0.717, 1.165) is 17.0 Å². The second kappa shape index (κ2) is 9.03. The summed E-state index contributed by atoms with van der Waals surface area (Å²) in [7, 11) is 3.11. The Kier molecular flexibility index (Phi) is 6.43. The van der Waals surface area contributed by atoms with Gasteiger partial charge in [-0.05, 0) is 51.8 Å². The minimum absolute atomic E-state index is 0.157. The number of aryl methyl sites for hydroxylation is 2. The first kappa shape index (κ1) is 22.1. The first-order valence-electron chi connectivity index (χ1n) is 9.90. The maximum Gasteiger partial charge on any atom is 0.255 e. The summed E-state index contributed by atoms with van der Waals surface area (Å²) in [6.45, 7) is 7.29. The number of aromatic nitrogens is 4. The number of anilines is 1. The molecule has 9 nitrogen and oxygen atoms in total. The van der Waals surface area contributed by atoms with Gasteiger partial charge in [0.1, 0.15) is 11.5 Å². The molecule has 1 amide bonds. The van der Waals surface area contributed by atoms with E-state index in [1.54, 1.807) is 50.9 Å². The van der Waals surface area contributed by atoms with Gasteiger partial charge in [0, 0.05) is 29.4 Å². The van der Waals surface area contributed by atoms with Crippen molar-refractivity contribution in [1.29, 1.82) is 0 Å². The monoisotopic (exact) mass is 425 g/mol. The lowest BCUT2D eigenvalue weighted by atomic mass is 10.1. The highest BCUT2D eigenvalue weighted by molar-refractivity contribution is 5.92.